The first-order valence-corrected chi connectivity index (χ1v) is 8.01. The van der Waals surface area contributed by atoms with Gasteiger partial charge in [0, 0.05) is 7.05 Å². The highest BCUT2D eigenvalue weighted by atomic mass is 32.2. The number of aromatic nitrogens is 2. The number of rotatable bonds is 6. The van der Waals surface area contributed by atoms with Crippen LogP contribution in [0.4, 0.5) is 0 Å². The third kappa shape index (κ3) is 3.83. The van der Waals surface area contributed by atoms with Crippen LogP contribution in [0, 0.1) is 13.8 Å². The van der Waals surface area contributed by atoms with Gasteiger partial charge in [0.2, 0.25) is 15.9 Å². The third-order valence-electron chi connectivity index (χ3n) is 3.17. The Kier molecular flexibility index (Phi) is 5.30. The molecule has 0 saturated heterocycles. The zero-order valence-corrected chi connectivity index (χ0v) is 13.9. The van der Waals surface area contributed by atoms with E-state index in [-0.39, 0.29) is 4.90 Å². The molecular formula is C12H20N4O5S. The average molecular weight is 332 g/mol. The number of aliphatic carboxylic acids is 1. The van der Waals surface area contributed by atoms with Crippen molar-refractivity contribution in [3.05, 3.63) is 11.4 Å². The van der Waals surface area contributed by atoms with Crippen molar-refractivity contribution in [3.63, 3.8) is 0 Å². The Hall–Kier alpha value is -1.94. The minimum atomic E-state index is -3.94. The number of hydrogen-bond donors (Lipinski definition) is 3. The smallest absolute Gasteiger partial charge is 0.325 e. The zero-order chi connectivity index (χ0) is 17.2. The summed E-state index contributed by atoms with van der Waals surface area (Å²) in [6.45, 7) is 5.78. The first-order valence-electron chi connectivity index (χ1n) is 6.53. The standard InChI is InChI=1S/C12H20N4O5S/c1-6-10(9(4)16(5)14-6)22(20,21)15-7(2)11(17)13-8(3)12(18)19/h7-8,15H,1-5H3,(H,13,17)(H,18,19)/t7?,8-/m0/s1. The van der Waals surface area contributed by atoms with Crippen molar-refractivity contribution in [1.29, 1.82) is 0 Å². The van der Waals surface area contributed by atoms with E-state index in [2.05, 4.69) is 15.1 Å². The quantitative estimate of drug-likeness (QED) is 0.631. The third-order valence-corrected chi connectivity index (χ3v) is 4.96. The van der Waals surface area contributed by atoms with Crippen molar-refractivity contribution >= 4 is 21.9 Å². The number of nitrogens with one attached hydrogen (secondary N) is 2. The van der Waals surface area contributed by atoms with Gasteiger partial charge in [0.15, 0.2) is 0 Å². The number of aryl methyl sites for hydroxylation is 2. The fraction of sp³-hybridized carbons (Fsp3) is 0.583. The van der Waals surface area contributed by atoms with E-state index in [0.717, 1.165) is 0 Å². The summed E-state index contributed by atoms with van der Waals surface area (Å²) in [6, 6.07) is -2.23. The maximum absolute atomic E-state index is 12.4. The maximum atomic E-state index is 12.4. The second-order valence-corrected chi connectivity index (χ2v) is 6.69. The minimum absolute atomic E-state index is 0.0148. The summed E-state index contributed by atoms with van der Waals surface area (Å²) >= 11 is 0. The van der Waals surface area contributed by atoms with Crippen molar-refractivity contribution in [2.75, 3.05) is 0 Å². The fourth-order valence-electron chi connectivity index (χ4n) is 1.89. The monoisotopic (exact) mass is 332 g/mol. The van der Waals surface area contributed by atoms with Gasteiger partial charge in [-0.25, -0.2) is 8.42 Å². The first kappa shape index (κ1) is 18.1. The molecule has 1 heterocycles. The van der Waals surface area contributed by atoms with Gasteiger partial charge in [0.25, 0.3) is 0 Å². The molecule has 9 nitrogen and oxygen atoms in total. The predicted molar refractivity (Wildman–Crippen MR) is 77.7 cm³/mol. The lowest BCUT2D eigenvalue weighted by Gasteiger charge is -2.16. The van der Waals surface area contributed by atoms with Crippen LogP contribution in [0.1, 0.15) is 25.2 Å². The van der Waals surface area contributed by atoms with E-state index in [9.17, 15) is 18.0 Å². The number of nitrogens with zero attached hydrogens (tertiary/aromatic N) is 2. The van der Waals surface area contributed by atoms with Crippen LogP contribution in [0.15, 0.2) is 4.90 Å². The summed E-state index contributed by atoms with van der Waals surface area (Å²) < 4.78 is 28.4. The molecule has 0 aliphatic heterocycles. The van der Waals surface area contributed by atoms with Crippen molar-refractivity contribution in [3.8, 4) is 0 Å². The molecule has 0 aliphatic carbocycles. The molecular weight excluding hydrogens is 312 g/mol. The van der Waals surface area contributed by atoms with E-state index in [1.165, 1.54) is 18.5 Å². The Bertz CT molecular complexity index is 695. The number of amides is 1. The second kappa shape index (κ2) is 6.44. The van der Waals surface area contributed by atoms with Crippen LogP contribution in [-0.4, -0.2) is 47.3 Å². The van der Waals surface area contributed by atoms with E-state index in [0.29, 0.717) is 11.4 Å². The van der Waals surface area contributed by atoms with E-state index >= 15 is 0 Å². The van der Waals surface area contributed by atoms with Gasteiger partial charge in [0.05, 0.1) is 17.4 Å². The van der Waals surface area contributed by atoms with E-state index < -0.39 is 34.0 Å². The molecule has 2 atom stereocenters. The molecule has 0 fully saturated rings. The summed E-state index contributed by atoms with van der Waals surface area (Å²) in [5.41, 5.74) is 0.760. The average Bonchev–Trinajstić information content (AvgIpc) is 2.62. The van der Waals surface area contributed by atoms with Crippen LogP contribution >= 0.6 is 0 Å². The number of carboxylic acid groups (broad SMARTS) is 1. The molecule has 1 rings (SSSR count). The van der Waals surface area contributed by atoms with Crippen LogP contribution < -0.4 is 10.0 Å². The summed E-state index contributed by atoms with van der Waals surface area (Å²) in [6.07, 6.45) is 0. The molecule has 0 aliphatic rings. The second-order valence-electron chi connectivity index (χ2n) is 5.04. The molecule has 1 unspecified atom stereocenters. The molecule has 0 saturated carbocycles. The summed E-state index contributed by atoms with van der Waals surface area (Å²) in [7, 11) is -2.33. The molecule has 124 valence electrons. The molecule has 0 spiro atoms. The molecule has 1 aromatic heterocycles. The van der Waals surface area contributed by atoms with Gasteiger partial charge in [-0.3, -0.25) is 14.3 Å². The van der Waals surface area contributed by atoms with E-state index in [4.69, 9.17) is 5.11 Å². The van der Waals surface area contributed by atoms with Crippen molar-refractivity contribution in [1.82, 2.24) is 19.8 Å². The van der Waals surface area contributed by atoms with Crippen molar-refractivity contribution < 1.29 is 23.1 Å². The van der Waals surface area contributed by atoms with Gasteiger partial charge in [-0.2, -0.15) is 9.82 Å². The molecule has 1 aromatic rings. The summed E-state index contributed by atoms with van der Waals surface area (Å²) in [4.78, 5) is 22.5. The lowest BCUT2D eigenvalue weighted by molar-refractivity contribution is -0.141. The van der Waals surface area contributed by atoms with E-state index in [1.807, 2.05) is 0 Å². The molecule has 0 bridgehead atoms. The number of carboxylic acids is 1. The molecule has 0 radical (unpaired) electrons. The van der Waals surface area contributed by atoms with Gasteiger partial charge in [-0.1, -0.05) is 0 Å². The Labute approximate surface area is 128 Å². The molecule has 10 heteroatoms. The lowest BCUT2D eigenvalue weighted by Crippen LogP contribution is -2.49. The Morgan fingerprint density at radius 1 is 1.23 bits per heavy atom. The largest absolute Gasteiger partial charge is 0.480 e. The predicted octanol–water partition coefficient (Wildman–Crippen LogP) is -0.707. The van der Waals surface area contributed by atoms with Crippen LogP contribution in [0.2, 0.25) is 0 Å². The van der Waals surface area contributed by atoms with Crippen molar-refractivity contribution in [2.24, 2.45) is 7.05 Å². The lowest BCUT2D eigenvalue weighted by atomic mass is 10.3. The Morgan fingerprint density at radius 3 is 2.18 bits per heavy atom. The van der Waals surface area contributed by atoms with E-state index in [1.54, 1.807) is 20.9 Å². The molecule has 1 amide bonds. The van der Waals surface area contributed by atoms with Gasteiger partial charge in [0.1, 0.15) is 10.9 Å². The highest BCUT2D eigenvalue weighted by Crippen LogP contribution is 2.18. The molecule has 3 N–H and O–H groups in total. The fourth-order valence-corrected chi connectivity index (χ4v) is 3.53. The van der Waals surface area contributed by atoms with Gasteiger partial charge in [-0.15, -0.1) is 0 Å². The highest BCUT2D eigenvalue weighted by Gasteiger charge is 2.28. The molecule has 0 aromatic carbocycles. The Morgan fingerprint density at radius 2 is 1.77 bits per heavy atom. The van der Waals surface area contributed by atoms with Crippen LogP contribution in [0.25, 0.3) is 0 Å². The van der Waals surface area contributed by atoms with Gasteiger partial charge < -0.3 is 10.4 Å². The highest BCUT2D eigenvalue weighted by molar-refractivity contribution is 7.89. The topological polar surface area (TPSA) is 130 Å². The van der Waals surface area contributed by atoms with Crippen LogP contribution in [0.3, 0.4) is 0 Å². The minimum Gasteiger partial charge on any atom is -0.480 e. The summed E-state index contributed by atoms with van der Waals surface area (Å²) in [5, 5.41) is 15.0. The number of hydrogen-bond acceptors (Lipinski definition) is 5. The first-order chi connectivity index (χ1) is 9.97. The number of carbonyl (C=O) groups excluding carboxylic acids is 1. The number of sulfonamides is 1. The Balaban J connectivity index is 2.93. The number of carbonyl (C=O) groups is 2. The normalized spacial score (nSPS) is 14.4. The van der Waals surface area contributed by atoms with Crippen LogP contribution in [0.5, 0.6) is 0 Å². The van der Waals surface area contributed by atoms with Crippen LogP contribution in [-0.2, 0) is 26.7 Å². The SMILES string of the molecule is Cc1nn(C)c(C)c1S(=O)(=O)NC(C)C(=O)N[C@@H](C)C(=O)O. The zero-order valence-electron chi connectivity index (χ0n) is 13.0. The summed E-state index contributed by atoms with van der Waals surface area (Å²) in [5.74, 6) is -1.93. The van der Waals surface area contributed by atoms with Crippen molar-refractivity contribution in [2.45, 2.75) is 44.7 Å². The van der Waals surface area contributed by atoms with Gasteiger partial charge >= 0.3 is 5.97 Å². The maximum Gasteiger partial charge on any atom is 0.325 e. The molecule has 22 heavy (non-hydrogen) atoms. The van der Waals surface area contributed by atoms with Gasteiger partial charge in [-0.05, 0) is 27.7 Å².